The van der Waals surface area contributed by atoms with Crippen molar-refractivity contribution >= 4 is 36.1 Å². The van der Waals surface area contributed by atoms with Gasteiger partial charge in [0.2, 0.25) is 0 Å². The molecule has 0 heterocycles. The molecule has 0 spiro atoms. The van der Waals surface area contributed by atoms with Gasteiger partial charge in [0.25, 0.3) is 0 Å². The number of benzene rings is 1. The van der Waals surface area contributed by atoms with Crippen molar-refractivity contribution in [2.75, 3.05) is 0 Å². The van der Waals surface area contributed by atoms with Gasteiger partial charge in [-0.25, -0.2) is 0 Å². The average molecular weight is 250 g/mol. The van der Waals surface area contributed by atoms with Crippen molar-refractivity contribution in [3.05, 3.63) is 28.2 Å². The summed E-state index contributed by atoms with van der Waals surface area (Å²) in [4.78, 5) is 0. The van der Waals surface area contributed by atoms with Crippen molar-refractivity contribution < 1.29 is 23.0 Å². The molecule has 1 rings (SSSR count). The molecule has 0 amide bonds. The first-order valence-corrected chi connectivity index (χ1v) is 4.10. The minimum atomic E-state index is -6.00. The van der Waals surface area contributed by atoms with E-state index in [1.165, 1.54) is 0 Å². The summed E-state index contributed by atoms with van der Waals surface area (Å²) in [6.45, 7) is 0. The number of halogens is 6. The summed E-state index contributed by atoms with van der Waals surface area (Å²) < 4.78 is 39.0. The second-order valence-corrected chi connectivity index (χ2v) is 3.01. The first-order chi connectivity index (χ1) is 6.22. The second kappa shape index (κ2) is 5.43. The van der Waals surface area contributed by atoms with E-state index in [2.05, 4.69) is 5.73 Å². The summed E-state index contributed by atoms with van der Waals surface area (Å²) >= 11 is 11.3. The smallest absolute Gasteiger partial charge is 0.418 e. The van der Waals surface area contributed by atoms with E-state index < -0.39 is 7.25 Å². The van der Waals surface area contributed by atoms with E-state index in [1.54, 1.807) is 18.2 Å². The fraction of sp³-hybridized carbons (Fsp3) is 0. The van der Waals surface area contributed by atoms with Crippen LogP contribution in [0.5, 0.6) is 0 Å². The molecular weight excluding hydrogens is 244 g/mol. The molecule has 0 aliphatic heterocycles. The van der Waals surface area contributed by atoms with Gasteiger partial charge in [-0.05, 0) is 12.1 Å². The molecule has 0 radical (unpaired) electrons. The molecule has 14 heavy (non-hydrogen) atoms. The van der Waals surface area contributed by atoms with Gasteiger partial charge >= 0.3 is 7.25 Å². The highest BCUT2D eigenvalue weighted by atomic mass is 35.5. The Balaban J connectivity index is 0.000000292. The second-order valence-electron chi connectivity index (χ2n) is 2.20. The molecule has 3 N–H and O–H groups in total. The molecule has 1 aromatic rings. The first-order valence-electron chi connectivity index (χ1n) is 3.35. The van der Waals surface area contributed by atoms with Crippen LogP contribution < -0.4 is 5.73 Å². The van der Waals surface area contributed by atoms with Crippen molar-refractivity contribution in [3.63, 3.8) is 0 Å². The van der Waals surface area contributed by atoms with Gasteiger partial charge in [0.1, 0.15) is 10.0 Å². The standard InChI is InChI=1S/C6H5Cl2N.BF4/c7-4-2-1-3-5(8)6(4)9;2-1(3,4)5/h1-3H,9H2;/q;-1/p+1. The zero-order valence-electron chi connectivity index (χ0n) is 6.78. The molecule has 0 aromatic heterocycles. The van der Waals surface area contributed by atoms with Gasteiger partial charge in [-0.1, -0.05) is 29.3 Å². The predicted molar refractivity (Wildman–Crippen MR) is 49.2 cm³/mol. The Morgan fingerprint density at radius 2 is 1.29 bits per heavy atom. The molecule has 0 aliphatic carbocycles. The Morgan fingerprint density at radius 3 is 1.50 bits per heavy atom. The van der Waals surface area contributed by atoms with Gasteiger partial charge in [-0.2, -0.15) is 0 Å². The summed E-state index contributed by atoms with van der Waals surface area (Å²) in [6, 6.07) is 5.31. The summed E-state index contributed by atoms with van der Waals surface area (Å²) in [5.41, 5.74) is 4.35. The lowest BCUT2D eigenvalue weighted by Gasteiger charge is -1.94. The topological polar surface area (TPSA) is 27.6 Å². The number of hydrogen-bond acceptors (Lipinski definition) is 0. The summed E-state index contributed by atoms with van der Waals surface area (Å²) in [7, 11) is -6.00. The maximum atomic E-state index is 9.75. The Labute approximate surface area is 87.9 Å². The Kier molecular flexibility index (Phi) is 5.26. The van der Waals surface area contributed by atoms with Crippen molar-refractivity contribution in [2.45, 2.75) is 0 Å². The largest absolute Gasteiger partial charge is 0.673 e. The van der Waals surface area contributed by atoms with Crippen LogP contribution in [0.15, 0.2) is 18.2 Å². The Hall–Kier alpha value is -0.455. The third-order valence-electron chi connectivity index (χ3n) is 1.06. The van der Waals surface area contributed by atoms with Crippen LogP contribution in [0.25, 0.3) is 0 Å². The van der Waals surface area contributed by atoms with Crippen LogP contribution in [0.2, 0.25) is 10.0 Å². The highest BCUT2D eigenvalue weighted by Gasteiger charge is 2.20. The van der Waals surface area contributed by atoms with E-state index in [0.717, 1.165) is 0 Å². The van der Waals surface area contributed by atoms with Crippen molar-refractivity contribution in [1.82, 2.24) is 0 Å². The molecule has 1 aromatic carbocycles. The maximum Gasteiger partial charge on any atom is 0.673 e. The van der Waals surface area contributed by atoms with Crippen molar-refractivity contribution in [3.8, 4) is 0 Å². The maximum absolute atomic E-state index is 9.75. The monoisotopic (exact) mass is 249 g/mol. The zero-order chi connectivity index (χ0) is 11.4. The molecule has 0 unspecified atom stereocenters. The lowest BCUT2D eigenvalue weighted by molar-refractivity contribution is -0.254. The highest BCUT2D eigenvalue weighted by Crippen LogP contribution is 2.24. The Bertz CT molecular complexity index is 278. The summed E-state index contributed by atoms with van der Waals surface area (Å²) in [6.07, 6.45) is 0. The minimum Gasteiger partial charge on any atom is -0.418 e. The van der Waals surface area contributed by atoms with Crippen LogP contribution in [-0.2, 0) is 0 Å². The molecule has 0 aliphatic rings. The van der Waals surface area contributed by atoms with Crippen LogP contribution in [-0.4, -0.2) is 7.25 Å². The molecular formula is C6H6BCl2F4N. The Morgan fingerprint density at radius 1 is 1.00 bits per heavy atom. The van der Waals surface area contributed by atoms with Crippen LogP contribution >= 0.6 is 23.2 Å². The van der Waals surface area contributed by atoms with E-state index in [0.29, 0.717) is 15.7 Å². The number of hydrogen-bond donors (Lipinski definition) is 1. The van der Waals surface area contributed by atoms with E-state index in [9.17, 15) is 17.3 Å². The van der Waals surface area contributed by atoms with Gasteiger partial charge in [0, 0.05) is 0 Å². The summed E-state index contributed by atoms with van der Waals surface area (Å²) in [5.74, 6) is 0. The zero-order valence-corrected chi connectivity index (χ0v) is 8.30. The van der Waals surface area contributed by atoms with E-state index in [4.69, 9.17) is 23.2 Å². The van der Waals surface area contributed by atoms with Gasteiger partial charge in [0.05, 0.1) is 0 Å². The fourth-order valence-corrected chi connectivity index (χ4v) is 0.930. The van der Waals surface area contributed by atoms with E-state index in [1.807, 2.05) is 0 Å². The number of quaternary nitrogens is 1. The average Bonchev–Trinajstić information content (AvgIpc) is 1.97. The fourth-order valence-electron chi connectivity index (χ4n) is 0.532. The first kappa shape index (κ1) is 13.5. The normalized spacial score (nSPS) is 10.5. The third-order valence-corrected chi connectivity index (χ3v) is 1.77. The van der Waals surface area contributed by atoms with Crippen LogP contribution in [0.4, 0.5) is 23.0 Å². The SMILES string of the molecule is F[B-](F)(F)F.[NH3+]c1c(Cl)cccc1Cl. The lowest BCUT2D eigenvalue weighted by atomic mass is 10.3. The molecule has 0 fully saturated rings. The minimum absolute atomic E-state index is 0.613. The molecule has 80 valence electrons. The van der Waals surface area contributed by atoms with Gasteiger partial charge in [0.15, 0.2) is 5.69 Å². The van der Waals surface area contributed by atoms with Gasteiger partial charge < -0.3 is 23.0 Å². The van der Waals surface area contributed by atoms with Gasteiger partial charge in [-0.3, -0.25) is 0 Å². The number of rotatable bonds is 0. The molecule has 0 saturated heterocycles. The third kappa shape index (κ3) is 7.00. The molecule has 0 saturated carbocycles. The van der Waals surface area contributed by atoms with Gasteiger partial charge in [-0.15, -0.1) is 0 Å². The lowest BCUT2D eigenvalue weighted by Crippen LogP contribution is -2.40. The molecule has 0 atom stereocenters. The van der Waals surface area contributed by atoms with E-state index in [-0.39, 0.29) is 0 Å². The van der Waals surface area contributed by atoms with Crippen LogP contribution in [0.3, 0.4) is 0 Å². The highest BCUT2D eigenvalue weighted by molar-refractivity contribution is 6.50. The van der Waals surface area contributed by atoms with Crippen molar-refractivity contribution in [2.24, 2.45) is 0 Å². The van der Waals surface area contributed by atoms with Crippen LogP contribution in [0, 0.1) is 0 Å². The molecule has 1 nitrogen and oxygen atoms in total. The van der Waals surface area contributed by atoms with E-state index >= 15 is 0 Å². The summed E-state index contributed by atoms with van der Waals surface area (Å²) in [5, 5.41) is 1.23. The quantitative estimate of drug-likeness (QED) is 0.540. The molecule has 0 bridgehead atoms. The predicted octanol–water partition coefficient (Wildman–Crippen LogP) is 3.17. The van der Waals surface area contributed by atoms with Crippen LogP contribution in [0.1, 0.15) is 0 Å². The molecule has 8 heteroatoms. The van der Waals surface area contributed by atoms with Crippen molar-refractivity contribution in [1.29, 1.82) is 0 Å².